The van der Waals surface area contributed by atoms with Crippen molar-refractivity contribution in [2.75, 3.05) is 44.9 Å². The van der Waals surface area contributed by atoms with E-state index in [0.717, 1.165) is 4.90 Å². The number of ketones is 1. The lowest BCUT2D eigenvalue weighted by atomic mass is 9.84. The van der Waals surface area contributed by atoms with Crippen LogP contribution in [0.25, 0.3) is 0 Å². The Morgan fingerprint density at radius 3 is 2.30 bits per heavy atom. The number of methoxy groups -OCH3 is 1. The number of amidine groups is 1. The highest BCUT2D eigenvalue weighted by Crippen LogP contribution is 2.42. The molecule has 240 valence electrons. The van der Waals surface area contributed by atoms with Gasteiger partial charge in [0.05, 0.1) is 44.2 Å². The van der Waals surface area contributed by atoms with Crippen LogP contribution in [0.4, 0.5) is 23.2 Å². The minimum absolute atomic E-state index is 0.0376. The number of carbonyl (C=O) groups excluding carboxylic acids is 2. The maximum absolute atomic E-state index is 15.9. The summed E-state index contributed by atoms with van der Waals surface area (Å²) in [5.74, 6) is -4.33. The third-order valence-corrected chi connectivity index (χ3v) is 7.43. The first-order chi connectivity index (χ1) is 20.6. The number of fused-ring (bicyclic) bond motifs is 1. The number of halogens is 4. The van der Waals surface area contributed by atoms with Gasteiger partial charge in [-0.05, 0) is 49.4 Å². The number of alkyl halides is 3. The molecule has 9 nitrogen and oxygen atoms in total. The van der Waals surface area contributed by atoms with Crippen LogP contribution in [0, 0.1) is 5.82 Å². The van der Waals surface area contributed by atoms with E-state index in [0.29, 0.717) is 36.5 Å². The van der Waals surface area contributed by atoms with Gasteiger partial charge in [0, 0.05) is 30.8 Å². The largest absolute Gasteiger partial charge is 0.494 e. The number of nitrogens with zero attached hydrogens (tertiary/aromatic N) is 3. The van der Waals surface area contributed by atoms with Crippen LogP contribution in [0.1, 0.15) is 68.1 Å². The van der Waals surface area contributed by atoms with Gasteiger partial charge in [0.1, 0.15) is 11.6 Å². The summed E-state index contributed by atoms with van der Waals surface area (Å²) < 4.78 is 72.5. The summed E-state index contributed by atoms with van der Waals surface area (Å²) in [5, 5.41) is 10.2. The molecule has 13 heteroatoms. The van der Waals surface area contributed by atoms with Crippen molar-refractivity contribution >= 4 is 23.2 Å². The van der Waals surface area contributed by atoms with Crippen molar-refractivity contribution in [3.8, 4) is 17.2 Å². The molecular formula is C31H37F4N3O6. The van der Waals surface area contributed by atoms with Crippen molar-refractivity contribution in [3.05, 3.63) is 46.3 Å². The molecule has 1 amide bonds. The van der Waals surface area contributed by atoms with Gasteiger partial charge in [0.2, 0.25) is 0 Å². The van der Waals surface area contributed by atoms with Crippen molar-refractivity contribution < 1.29 is 46.5 Å². The van der Waals surface area contributed by atoms with Gasteiger partial charge in [0.25, 0.3) is 0 Å². The molecular weight excluding hydrogens is 586 g/mol. The molecule has 2 aliphatic rings. The van der Waals surface area contributed by atoms with E-state index in [1.165, 1.54) is 13.2 Å². The van der Waals surface area contributed by atoms with Gasteiger partial charge in [-0.15, -0.1) is 0 Å². The Labute approximate surface area is 253 Å². The van der Waals surface area contributed by atoms with Crippen LogP contribution in [0.2, 0.25) is 0 Å². The fraction of sp³-hybridized carbons (Fsp3) is 0.516. The lowest BCUT2D eigenvalue weighted by Gasteiger charge is -2.29. The third kappa shape index (κ3) is 6.62. The number of Topliss-reactive ketones (excluding diaryl/α,β-unsaturated/α-hetero) is 1. The summed E-state index contributed by atoms with van der Waals surface area (Å²) in [7, 11) is 1.52. The van der Waals surface area contributed by atoms with Crippen molar-refractivity contribution in [1.29, 1.82) is 0 Å². The summed E-state index contributed by atoms with van der Waals surface area (Å²) in [6.07, 6.45) is -5.34. The van der Waals surface area contributed by atoms with E-state index in [4.69, 9.17) is 14.2 Å². The van der Waals surface area contributed by atoms with E-state index < -0.39 is 47.6 Å². The van der Waals surface area contributed by atoms with Crippen molar-refractivity contribution in [2.45, 2.75) is 65.3 Å². The second kappa shape index (κ2) is 12.6. The average Bonchev–Trinajstić information content (AvgIpc) is 3.52. The van der Waals surface area contributed by atoms with Crippen molar-refractivity contribution in [3.63, 3.8) is 0 Å². The number of hydrogen-bond donors (Lipinski definition) is 1. The Kier molecular flexibility index (Phi) is 9.48. The molecule has 0 bridgehead atoms. The summed E-state index contributed by atoms with van der Waals surface area (Å²) in [6.45, 7) is 9.47. The van der Waals surface area contributed by atoms with E-state index in [-0.39, 0.29) is 47.9 Å². The fourth-order valence-corrected chi connectivity index (χ4v) is 5.43. The van der Waals surface area contributed by atoms with Crippen LogP contribution in [-0.4, -0.2) is 79.8 Å². The van der Waals surface area contributed by atoms with E-state index >= 15 is 4.39 Å². The second-order valence-corrected chi connectivity index (χ2v) is 11.7. The number of aliphatic imine (C=N–C) groups is 1. The molecule has 0 aliphatic carbocycles. The molecule has 1 saturated heterocycles. The molecule has 1 fully saturated rings. The van der Waals surface area contributed by atoms with Gasteiger partial charge in [-0.1, -0.05) is 20.8 Å². The molecule has 2 aliphatic heterocycles. The monoisotopic (exact) mass is 623 g/mol. The average molecular weight is 624 g/mol. The Hall–Kier alpha value is -3.87. The zero-order valence-corrected chi connectivity index (χ0v) is 25.6. The maximum atomic E-state index is 15.9. The molecule has 1 N–H and O–H groups in total. The summed E-state index contributed by atoms with van der Waals surface area (Å²) >= 11 is 0. The van der Waals surface area contributed by atoms with Gasteiger partial charge >= 0.3 is 12.1 Å². The predicted molar refractivity (Wildman–Crippen MR) is 156 cm³/mol. The molecule has 1 unspecified atom stereocenters. The zero-order chi connectivity index (χ0) is 32.6. The highest BCUT2D eigenvalue weighted by atomic mass is 19.4. The summed E-state index contributed by atoms with van der Waals surface area (Å²) in [4.78, 5) is 32.2. The Morgan fingerprint density at radius 1 is 1.07 bits per heavy atom. The molecule has 0 radical (unpaired) electrons. The molecule has 2 aromatic carbocycles. The lowest BCUT2D eigenvalue weighted by molar-refractivity contribution is -0.169. The van der Waals surface area contributed by atoms with Gasteiger partial charge in [-0.2, -0.15) is 18.2 Å². The first kappa shape index (κ1) is 33.0. The number of ether oxygens (including phenoxy) is 3. The van der Waals surface area contributed by atoms with E-state index in [9.17, 15) is 27.9 Å². The van der Waals surface area contributed by atoms with Crippen molar-refractivity contribution in [2.24, 2.45) is 4.99 Å². The Balaban J connectivity index is 1.81. The minimum Gasteiger partial charge on any atom is -0.494 e. The highest BCUT2D eigenvalue weighted by Gasteiger charge is 2.42. The van der Waals surface area contributed by atoms with E-state index in [1.807, 2.05) is 25.7 Å². The number of β-amino-alcohol motifs (C(OH)–C–C–N with tert-alkyl or cyclic N) is 1. The van der Waals surface area contributed by atoms with Gasteiger partial charge in [0.15, 0.2) is 23.1 Å². The smallest absolute Gasteiger partial charge is 0.473 e. The first-order valence-electron chi connectivity index (χ1n) is 14.3. The molecule has 44 heavy (non-hydrogen) atoms. The number of amides is 1. The van der Waals surface area contributed by atoms with Crippen LogP contribution >= 0.6 is 0 Å². The molecule has 4 rings (SSSR count). The summed E-state index contributed by atoms with van der Waals surface area (Å²) in [6, 6.07) is 4.71. The van der Waals surface area contributed by atoms with Gasteiger partial charge in [-0.3, -0.25) is 9.59 Å². The lowest BCUT2D eigenvalue weighted by Crippen LogP contribution is -2.34. The van der Waals surface area contributed by atoms with Crippen LogP contribution in [0.3, 0.4) is 0 Å². The van der Waals surface area contributed by atoms with Crippen molar-refractivity contribution in [1.82, 2.24) is 4.90 Å². The van der Waals surface area contributed by atoms with Crippen LogP contribution in [-0.2, 0) is 16.8 Å². The predicted octanol–water partition coefficient (Wildman–Crippen LogP) is 5.03. The molecule has 1 atom stereocenters. The quantitative estimate of drug-likeness (QED) is 0.307. The van der Waals surface area contributed by atoms with Crippen LogP contribution in [0.5, 0.6) is 17.2 Å². The van der Waals surface area contributed by atoms with Crippen LogP contribution in [0.15, 0.2) is 23.2 Å². The Bertz CT molecular complexity index is 1470. The molecule has 2 heterocycles. The topological polar surface area (TPSA) is 101 Å². The Morgan fingerprint density at radius 2 is 1.75 bits per heavy atom. The molecule has 2 aromatic rings. The standard InChI is InChI=1S/C31H37F4N3O6/c1-7-43-23-13-18-14-38(28(36-29(41)31(33,34)35)24(18)25(32)27(23)44-8-2)16-22(40)17-11-20(30(3,4)5)26(42-6)21(12-17)37-10-9-19(39)15-37/h11-13,19,39H,7-10,14-16H2,1-6H3. The van der Waals surface area contributed by atoms with E-state index in [2.05, 4.69) is 4.99 Å². The van der Waals surface area contributed by atoms with Gasteiger partial charge < -0.3 is 29.1 Å². The molecule has 0 aromatic heterocycles. The summed E-state index contributed by atoms with van der Waals surface area (Å²) in [5.41, 5.74) is 0.891. The number of hydrogen-bond acceptors (Lipinski definition) is 7. The number of benzene rings is 2. The zero-order valence-electron chi connectivity index (χ0n) is 25.6. The highest BCUT2D eigenvalue weighted by molar-refractivity contribution is 6.11. The first-order valence-corrected chi connectivity index (χ1v) is 14.3. The minimum atomic E-state index is -5.32. The number of anilines is 1. The normalized spacial score (nSPS) is 17.7. The second-order valence-electron chi connectivity index (χ2n) is 11.7. The molecule has 0 spiro atoms. The third-order valence-electron chi connectivity index (χ3n) is 7.43. The molecule has 0 saturated carbocycles. The number of aliphatic hydroxyl groups is 1. The fourth-order valence-electron chi connectivity index (χ4n) is 5.43. The maximum Gasteiger partial charge on any atom is 0.473 e. The number of rotatable bonds is 9. The van der Waals surface area contributed by atoms with Gasteiger partial charge in [-0.25, -0.2) is 4.39 Å². The van der Waals surface area contributed by atoms with E-state index in [1.54, 1.807) is 26.0 Å². The number of aliphatic hydroxyl groups excluding tert-OH is 1. The SMILES string of the molecule is CCOc1cc2c(c(F)c1OCC)C(=NC(=O)C(F)(F)F)N(CC(=O)c1cc(N3CCC(O)C3)c(OC)c(C(C)(C)C)c1)C2. The van der Waals surface area contributed by atoms with Crippen LogP contribution < -0.4 is 19.1 Å². The number of carbonyl (C=O) groups is 2.